The van der Waals surface area contributed by atoms with Crippen LogP contribution in [0.15, 0.2) is 54.7 Å². The van der Waals surface area contributed by atoms with Gasteiger partial charge in [-0.15, -0.1) is 0 Å². The lowest BCUT2D eigenvalue weighted by Gasteiger charge is -2.03. The second-order valence-electron chi connectivity index (χ2n) is 4.62. The minimum Gasteiger partial charge on any atom is -0.359 e. The number of allylic oxidation sites excluding steroid dienone is 1. The van der Waals surface area contributed by atoms with Crippen LogP contribution in [0.4, 0.5) is 10.1 Å². The number of hydrogen-bond acceptors (Lipinski definition) is 2. The van der Waals surface area contributed by atoms with E-state index < -0.39 is 0 Å². The molecule has 0 unspecified atom stereocenters. The summed E-state index contributed by atoms with van der Waals surface area (Å²) < 4.78 is 13.4. The molecule has 1 N–H and O–H groups in total. The van der Waals surface area contributed by atoms with E-state index in [-0.39, 0.29) is 11.6 Å². The van der Waals surface area contributed by atoms with Crippen molar-refractivity contribution < 1.29 is 9.18 Å². The van der Waals surface area contributed by atoms with Crippen molar-refractivity contribution >= 4 is 11.5 Å². The molecule has 0 atom stereocenters. The molecule has 2 rings (SSSR count). The van der Waals surface area contributed by atoms with Gasteiger partial charge in [-0.1, -0.05) is 24.3 Å². The number of aryl methyl sites for hydroxylation is 2. The Labute approximate surface area is 118 Å². The van der Waals surface area contributed by atoms with Gasteiger partial charge >= 0.3 is 0 Å². The number of carbonyl (C=O) groups excluding carboxylic acids is 1. The molecule has 0 spiro atoms. The van der Waals surface area contributed by atoms with Gasteiger partial charge in [0.25, 0.3) is 0 Å². The second-order valence-corrected chi connectivity index (χ2v) is 4.62. The zero-order chi connectivity index (χ0) is 14.5. The average molecular weight is 269 g/mol. The molecule has 20 heavy (non-hydrogen) atoms. The third-order valence-electron chi connectivity index (χ3n) is 3.14. The van der Waals surface area contributed by atoms with Gasteiger partial charge in [-0.05, 0) is 43.2 Å². The molecule has 0 radical (unpaired) electrons. The van der Waals surface area contributed by atoms with Crippen LogP contribution in [-0.4, -0.2) is 5.78 Å². The average Bonchev–Trinajstić information content (AvgIpc) is 2.44. The Morgan fingerprint density at radius 3 is 2.55 bits per heavy atom. The van der Waals surface area contributed by atoms with Crippen LogP contribution in [0, 0.1) is 19.7 Å². The van der Waals surface area contributed by atoms with E-state index in [1.165, 1.54) is 18.3 Å². The summed E-state index contributed by atoms with van der Waals surface area (Å²) in [5, 5.41) is 2.76. The standard InChI is InChI=1S/C17H16FNO/c1-12-7-8-14(11-13(12)2)17(20)9-10-19-16-6-4-3-5-15(16)18/h3-11,19H,1-2H3/b10-9+. The Hall–Kier alpha value is -2.42. The van der Waals surface area contributed by atoms with Gasteiger partial charge in [-0.2, -0.15) is 0 Å². The molecular formula is C17H16FNO. The molecule has 102 valence electrons. The highest BCUT2D eigenvalue weighted by Gasteiger charge is 2.03. The summed E-state index contributed by atoms with van der Waals surface area (Å²) in [5.74, 6) is -0.465. The van der Waals surface area contributed by atoms with Crippen LogP contribution < -0.4 is 5.32 Å². The molecule has 0 bridgehead atoms. The molecule has 2 aromatic rings. The van der Waals surface area contributed by atoms with E-state index in [9.17, 15) is 9.18 Å². The fourth-order valence-corrected chi connectivity index (χ4v) is 1.78. The number of rotatable bonds is 4. The van der Waals surface area contributed by atoms with Gasteiger partial charge in [0.15, 0.2) is 5.78 Å². The van der Waals surface area contributed by atoms with Gasteiger partial charge in [0, 0.05) is 17.8 Å². The smallest absolute Gasteiger partial charge is 0.187 e. The van der Waals surface area contributed by atoms with Crippen LogP contribution in [0.3, 0.4) is 0 Å². The summed E-state index contributed by atoms with van der Waals surface area (Å²) in [4.78, 5) is 12.0. The second kappa shape index (κ2) is 6.15. The number of ketones is 1. The molecule has 0 aliphatic carbocycles. The fraction of sp³-hybridized carbons (Fsp3) is 0.118. The molecule has 0 saturated heterocycles. The Kier molecular flexibility index (Phi) is 4.31. The van der Waals surface area contributed by atoms with Crippen molar-refractivity contribution in [3.63, 3.8) is 0 Å². The van der Waals surface area contributed by atoms with Gasteiger partial charge in [0.1, 0.15) is 5.82 Å². The van der Waals surface area contributed by atoms with Gasteiger partial charge in [-0.25, -0.2) is 4.39 Å². The van der Waals surface area contributed by atoms with Gasteiger partial charge < -0.3 is 5.32 Å². The predicted molar refractivity (Wildman–Crippen MR) is 79.4 cm³/mol. The van der Waals surface area contributed by atoms with Gasteiger partial charge in [0.05, 0.1) is 5.69 Å². The number of benzene rings is 2. The monoisotopic (exact) mass is 269 g/mol. The maximum atomic E-state index is 13.4. The number of anilines is 1. The first-order valence-corrected chi connectivity index (χ1v) is 6.37. The van der Waals surface area contributed by atoms with Crippen LogP contribution in [0.2, 0.25) is 0 Å². The van der Waals surface area contributed by atoms with Crippen LogP contribution >= 0.6 is 0 Å². The lowest BCUT2D eigenvalue weighted by molar-refractivity contribution is 0.104. The third-order valence-corrected chi connectivity index (χ3v) is 3.14. The first-order chi connectivity index (χ1) is 9.58. The molecule has 0 amide bonds. The maximum absolute atomic E-state index is 13.4. The number of carbonyl (C=O) groups is 1. The van der Waals surface area contributed by atoms with Crippen molar-refractivity contribution in [2.45, 2.75) is 13.8 Å². The van der Waals surface area contributed by atoms with E-state index in [2.05, 4.69) is 5.32 Å². The molecular weight excluding hydrogens is 253 g/mol. The lowest BCUT2D eigenvalue weighted by Crippen LogP contribution is -1.98. The van der Waals surface area contributed by atoms with Crippen LogP contribution in [0.1, 0.15) is 21.5 Å². The zero-order valence-electron chi connectivity index (χ0n) is 11.5. The van der Waals surface area contributed by atoms with Gasteiger partial charge in [0.2, 0.25) is 0 Å². The van der Waals surface area contributed by atoms with E-state index in [1.807, 2.05) is 26.0 Å². The van der Waals surface area contributed by atoms with E-state index in [4.69, 9.17) is 0 Å². The highest BCUT2D eigenvalue weighted by Crippen LogP contribution is 2.13. The van der Waals surface area contributed by atoms with Crippen molar-refractivity contribution in [3.8, 4) is 0 Å². The summed E-state index contributed by atoms with van der Waals surface area (Å²) in [5.41, 5.74) is 3.19. The summed E-state index contributed by atoms with van der Waals surface area (Å²) in [7, 11) is 0. The van der Waals surface area contributed by atoms with E-state index in [1.54, 1.807) is 24.3 Å². The minimum absolute atomic E-state index is 0.114. The fourth-order valence-electron chi connectivity index (χ4n) is 1.78. The first kappa shape index (κ1) is 14.0. The molecule has 2 nitrogen and oxygen atoms in total. The predicted octanol–water partition coefficient (Wildman–Crippen LogP) is 4.25. The highest BCUT2D eigenvalue weighted by molar-refractivity contribution is 6.04. The molecule has 2 aromatic carbocycles. The normalized spacial score (nSPS) is 10.8. The Balaban J connectivity index is 2.06. The number of halogens is 1. The van der Waals surface area contributed by atoms with Crippen LogP contribution in [0.5, 0.6) is 0 Å². The van der Waals surface area contributed by atoms with Crippen molar-refractivity contribution in [1.29, 1.82) is 0 Å². The number of hydrogen-bond donors (Lipinski definition) is 1. The highest BCUT2D eigenvalue weighted by atomic mass is 19.1. The number of nitrogens with one attached hydrogen (secondary N) is 1. The molecule has 0 aliphatic heterocycles. The van der Waals surface area contributed by atoms with Crippen molar-refractivity contribution in [2.75, 3.05) is 5.32 Å². The Morgan fingerprint density at radius 1 is 1.10 bits per heavy atom. The Morgan fingerprint density at radius 2 is 1.85 bits per heavy atom. The van der Waals surface area contributed by atoms with Gasteiger partial charge in [-0.3, -0.25) is 4.79 Å². The topological polar surface area (TPSA) is 29.1 Å². The summed E-state index contributed by atoms with van der Waals surface area (Å²) in [6, 6.07) is 11.9. The molecule has 3 heteroatoms. The Bertz CT molecular complexity index is 662. The summed E-state index contributed by atoms with van der Waals surface area (Å²) in [6.07, 6.45) is 2.85. The minimum atomic E-state index is -0.351. The van der Waals surface area contributed by atoms with Crippen molar-refractivity contribution in [3.05, 3.63) is 77.2 Å². The van der Waals surface area contributed by atoms with Crippen molar-refractivity contribution in [1.82, 2.24) is 0 Å². The summed E-state index contributed by atoms with van der Waals surface area (Å²) in [6.45, 7) is 3.96. The van der Waals surface area contributed by atoms with Crippen LogP contribution in [0.25, 0.3) is 0 Å². The molecule has 0 fully saturated rings. The quantitative estimate of drug-likeness (QED) is 0.664. The largest absolute Gasteiger partial charge is 0.359 e. The molecule has 0 saturated carbocycles. The SMILES string of the molecule is Cc1ccc(C(=O)/C=C/Nc2ccccc2F)cc1C. The number of para-hydroxylation sites is 1. The first-order valence-electron chi connectivity index (χ1n) is 6.37. The van der Waals surface area contributed by atoms with Crippen LogP contribution in [-0.2, 0) is 0 Å². The van der Waals surface area contributed by atoms with Crippen molar-refractivity contribution in [2.24, 2.45) is 0 Å². The zero-order valence-corrected chi connectivity index (χ0v) is 11.5. The van der Waals surface area contributed by atoms with E-state index >= 15 is 0 Å². The van der Waals surface area contributed by atoms with E-state index in [0.717, 1.165) is 11.1 Å². The maximum Gasteiger partial charge on any atom is 0.187 e. The molecule has 0 aliphatic rings. The third kappa shape index (κ3) is 3.32. The lowest BCUT2D eigenvalue weighted by atomic mass is 10.0. The van der Waals surface area contributed by atoms with E-state index in [0.29, 0.717) is 11.3 Å². The molecule has 0 heterocycles. The summed E-state index contributed by atoms with van der Waals surface area (Å²) >= 11 is 0. The molecule has 0 aromatic heterocycles.